The van der Waals surface area contributed by atoms with Crippen LogP contribution in [0.25, 0.3) is 0 Å². The number of halogens is 3. The number of amides is 1. The first-order chi connectivity index (χ1) is 10.1. The smallest absolute Gasteiger partial charge is 0.407 e. The van der Waals surface area contributed by atoms with Crippen molar-refractivity contribution in [1.29, 1.82) is 0 Å². The molecule has 1 heterocycles. The molecule has 122 valence electrons. The van der Waals surface area contributed by atoms with Crippen LogP contribution in [0.2, 0.25) is 0 Å². The predicted molar refractivity (Wildman–Crippen MR) is 77.0 cm³/mol. The van der Waals surface area contributed by atoms with Gasteiger partial charge in [0.05, 0.1) is 4.47 Å². The number of nitrogens with one attached hydrogen (secondary N) is 1. The minimum atomic E-state index is -4.23. The average Bonchev–Trinajstić information content (AvgIpc) is 2.73. The molecular formula is C12H13BrF2N2O4S. The zero-order chi connectivity index (χ0) is 16.7. The molecule has 1 aromatic carbocycles. The van der Waals surface area contributed by atoms with Crippen LogP contribution in [0.5, 0.6) is 0 Å². The van der Waals surface area contributed by atoms with Gasteiger partial charge in [-0.2, -0.15) is 0 Å². The van der Waals surface area contributed by atoms with Gasteiger partial charge in [-0.15, -0.1) is 0 Å². The molecule has 0 unspecified atom stereocenters. The van der Waals surface area contributed by atoms with E-state index in [0.29, 0.717) is 6.07 Å². The molecule has 1 aliphatic heterocycles. The first-order valence-electron chi connectivity index (χ1n) is 6.28. The predicted octanol–water partition coefficient (Wildman–Crippen LogP) is 2.15. The fourth-order valence-electron chi connectivity index (χ4n) is 2.38. The zero-order valence-corrected chi connectivity index (χ0v) is 13.8. The number of rotatable bonds is 3. The minimum absolute atomic E-state index is 0.0281. The molecule has 1 amide bonds. The summed E-state index contributed by atoms with van der Waals surface area (Å²) in [5, 5.41) is 8.97. The van der Waals surface area contributed by atoms with Gasteiger partial charge in [0.25, 0.3) is 0 Å². The highest BCUT2D eigenvalue weighted by Crippen LogP contribution is 2.25. The van der Waals surface area contributed by atoms with E-state index < -0.39 is 38.7 Å². The molecule has 1 saturated heterocycles. The van der Waals surface area contributed by atoms with E-state index in [-0.39, 0.29) is 23.5 Å². The third kappa shape index (κ3) is 3.39. The van der Waals surface area contributed by atoms with E-state index in [9.17, 15) is 22.0 Å². The van der Waals surface area contributed by atoms with Gasteiger partial charge in [0, 0.05) is 24.7 Å². The monoisotopic (exact) mass is 398 g/mol. The summed E-state index contributed by atoms with van der Waals surface area (Å²) >= 11 is 2.80. The summed E-state index contributed by atoms with van der Waals surface area (Å²) in [6, 6.07) is 0.286. The van der Waals surface area contributed by atoms with Crippen molar-refractivity contribution in [3.63, 3.8) is 0 Å². The van der Waals surface area contributed by atoms with E-state index in [1.54, 1.807) is 6.92 Å². The van der Waals surface area contributed by atoms with Gasteiger partial charge in [0.1, 0.15) is 16.5 Å². The van der Waals surface area contributed by atoms with Crippen molar-refractivity contribution in [2.45, 2.75) is 30.3 Å². The Morgan fingerprint density at radius 2 is 2.05 bits per heavy atom. The molecular weight excluding hydrogens is 386 g/mol. The summed E-state index contributed by atoms with van der Waals surface area (Å²) in [7, 11) is -4.23. The van der Waals surface area contributed by atoms with Gasteiger partial charge in [-0.05, 0) is 35.3 Å². The Bertz CT molecular complexity index is 713. The quantitative estimate of drug-likeness (QED) is 0.763. The molecule has 0 saturated carbocycles. The van der Waals surface area contributed by atoms with Gasteiger partial charge in [-0.3, -0.25) is 0 Å². The Balaban J connectivity index is 2.23. The second-order valence-corrected chi connectivity index (χ2v) is 7.57. The summed E-state index contributed by atoms with van der Waals surface area (Å²) in [4.78, 5) is 11.4. The van der Waals surface area contributed by atoms with Crippen LogP contribution >= 0.6 is 15.9 Å². The van der Waals surface area contributed by atoms with Gasteiger partial charge in [0.15, 0.2) is 0 Å². The Morgan fingerprint density at radius 1 is 1.41 bits per heavy atom. The third-order valence-corrected chi connectivity index (χ3v) is 5.55. The van der Waals surface area contributed by atoms with Gasteiger partial charge < -0.3 is 10.0 Å². The molecule has 2 N–H and O–H groups in total. The molecule has 1 aromatic rings. The number of likely N-dealkylation sites (tertiary alicyclic amines) is 1. The molecule has 0 spiro atoms. The normalized spacial score (nSPS) is 22.1. The molecule has 1 aliphatic rings. The van der Waals surface area contributed by atoms with Crippen molar-refractivity contribution in [3.8, 4) is 0 Å². The lowest BCUT2D eigenvalue weighted by Gasteiger charge is -2.16. The van der Waals surface area contributed by atoms with Crippen LogP contribution in [0.3, 0.4) is 0 Å². The Hall–Kier alpha value is -1.26. The third-order valence-electron chi connectivity index (χ3n) is 3.41. The number of hydrogen-bond donors (Lipinski definition) is 2. The number of sulfonamides is 1. The average molecular weight is 399 g/mol. The first-order valence-corrected chi connectivity index (χ1v) is 8.56. The molecule has 2 atom stereocenters. The summed E-state index contributed by atoms with van der Waals surface area (Å²) in [5.41, 5.74) is 0. The van der Waals surface area contributed by atoms with Gasteiger partial charge in [0.2, 0.25) is 10.0 Å². The maximum Gasteiger partial charge on any atom is 0.407 e. The second kappa shape index (κ2) is 6.09. The van der Waals surface area contributed by atoms with Gasteiger partial charge in [-0.25, -0.2) is 26.7 Å². The van der Waals surface area contributed by atoms with E-state index >= 15 is 0 Å². The molecule has 2 rings (SSSR count). The van der Waals surface area contributed by atoms with Crippen molar-refractivity contribution in [2.75, 3.05) is 6.54 Å². The lowest BCUT2D eigenvalue weighted by molar-refractivity contribution is 0.143. The molecule has 0 radical (unpaired) electrons. The topological polar surface area (TPSA) is 86.7 Å². The Kier molecular flexibility index (Phi) is 4.73. The molecule has 0 aromatic heterocycles. The van der Waals surface area contributed by atoms with E-state index in [4.69, 9.17) is 5.11 Å². The maximum absolute atomic E-state index is 13.7. The summed E-state index contributed by atoms with van der Waals surface area (Å²) in [6.45, 7) is 1.62. The van der Waals surface area contributed by atoms with Crippen LogP contribution in [0.1, 0.15) is 13.3 Å². The van der Waals surface area contributed by atoms with Crippen molar-refractivity contribution in [2.24, 2.45) is 0 Å². The molecule has 10 heteroatoms. The number of hydrogen-bond acceptors (Lipinski definition) is 3. The molecule has 0 aliphatic carbocycles. The SMILES string of the molecule is C[C@H]1C[C@@H](NS(=O)(=O)c2cc(Br)c(F)cc2F)CN1C(=O)O. The number of nitrogens with zero attached hydrogens (tertiary/aromatic N) is 1. The van der Waals surface area contributed by atoms with Crippen LogP contribution < -0.4 is 4.72 Å². The Morgan fingerprint density at radius 3 is 2.59 bits per heavy atom. The van der Waals surface area contributed by atoms with Crippen molar-refractivity contribution in [3.05, 3.63) is 28.2 Å². The van der Waals surface area contributed by atoms with Crippen molar-refractivity contribution in [1.82, 2.24) is 9.62 Å². The van der Waals surface area contributed by atoms with E-state index in [2.05, 4.69) is 20.7 Å². The highest BCUT2D eigenvalue weighted by Gasteiger charge is 2.35. The summed E-state index contributed by atoms with van der Waals surface area (Å²) in [6.07, 6.45) is -0.875. The molecule has 0 bridgehead atoms. The zero-order valence-electron chi connectivity index (χ0n) is 11.4. The number of carbonyl (C=O) groups is 1. The molecule has 22 heavy (non-hydrogen) atoms. The van der Waals surface area contributed by atoms with Gasteiger partial charge in [-0.1, -0.05) is 0 Å². The largest absolute Gasteiger partial charge is 0.465 e. The van der Waals surface area contributed by atoms with E-state index in [0.717, 1.165) is 11.0 Å². The van der Waals surface area contributed by atoms with Crippen LogP contribution in [0.4, 0.5) is 13.6 Å². The lowest BCUT2D eigenvalue weighted by atomic mass is 10.2. The molecule has 1 fully saturated rings. The highest BCUT2D eigenvalue weighted by molar-refractivity contribution is 9.10. The summed E-state index contributed by atoms with van der Waals surface area (Å²) < 4.78 is 53.3. The molecule has 6 nitrogen and oxygen atoms in total. The fraction of sp³-hybridized carbons (Fsp3) is 0.417. The Labute approximate surface area is 134 Å². The number of benzene rings is 1. The van der Waals surface area contributed by atoms with Crippen LogP contribution in [0, 0.1) is 11.6 Å². The van der Waals surface area contributed by atoms with Crippen molar-refractivity contribution < 1.29 is 27.1 Å². The fourth-order valence-corrected chi connectivity index (χ4v) is 4.20. The van der Waals surface area contributed by atoms with E-state index in [1.165, 1.54) is 0 Å². The second-order valence-electron chi connectivity index (χ2n) is 5.03. The maximum atomic E-state index is 13.7. The first kappa shape index (κ1) is 17.1. The standard InChI is InChI=1S/C12H13BrF2N2O4S/c1-6-2-7(5-17(6)12(18)19)16-22(20,21)11-3-8(13)9(14)4-10(11)15/h3-4,6-7,16H,2,5H2,1H3,(H,18,19)/t6-,7+/m0/s1. The minimum Gasteiger partial charge on any atom is -0.465 e. The van der Waals surface area contributed by atoms with Crippen molar-refractivity contribution >= 4 is 32.0 Å². The summed E-state index contributed by atoms with van der Waals surface area (Å²) in [5.74, 6) is -2.13. The van der Waals surface area contributed by atoms with Gasteiger partial charge >= 0.3 is 6.09 Å². The number of carboxylic acid groups (broad SMARTS) is 1. The lowest BCUT2D eigenvalue weighted by Crippen LogP contribution is -2.38. The van der Waals surface area contributed by atoms with Crippen LogP contribution in [0.15, 0.2) is 21.5 Å². The van der Waals surface area contributed by atoms with Crippen LogP contribution in [-0.4, -0.2) is 43.1 Å². The van der Waals surface area contributed by atoms with E-state index in [1.807, 2.05) is 0 Å². The van der Waals surface area contributed by atoms with Crippen LogP contribution in [-0.2, 0) is 10.0 Å². The highest BCUT2D eigenvalue weighted by atomic mass is 79.9.